The smallest absolute Gasteiger partial charge is 0.276 e. The number of nitrogens with zero attached hydrogens (tertiary/aromatic N) is 4. The van der Waals surface area contributed by atoms with Crippen LogP contribution < -0.4 is 10.1 Å². The molecule has 0 bridgehead atoms. The first-order valence-electron chi connectivity index (χ1n) is 9.71. The number of hydrogen-bond donors (Lipinski definition) is 1. The van der Waals surface area contributed by atoms with E-state index in [-0.39, 0.29) is 17.6 Å². The van der Waals surface area contributed by atoms with Crippen molar-refractivity contribution in [3.05, 3.63) is 95.9 Å². The van der Waals surface area contributed by atoms with E-state index >= 15 is 0 Å². The highest BCUT2D eigenvalue weighted by Crippen LogP contribution is 2.18. The number of carbonyl (C=O) groups is 1. The Balaban J connectivity index is 1.62. The first kappa shape index (κ1) is 19.4. The van der Waals surface area contributed by atoms with Crippen molar-refractivity contribution in [1.82, 2.24) is 24.9 Å². The zero-order valence-corrected chi connectivity index (χ0v) is 16.9. The molecule has 30 heavy (non-hydrogen) atoms. The molecule has 0 spiro atoms. The van der Waals surface area contributed by atoms with Gasteiger partial charge in [0.1, 0.15) is 5.75 Å². The minimum absolute atomic E-state index is 0.150. The molecular weight excluding hydrogens is 378 g/mol. The molecule has 4 rings (SSSR count). The molecule has 0 unspecified atom stereocenters. The Bertz CT molecular complexity index is 1100. The van der Waals surface area contributed by atoms with Crippen LogP contribution in [-0.4, -0.2) is 32.6 Å². The molecule has 1 N–H and O–H groups in total. The maximum absolute atomic E-state index is 13.0. The normalized spacial score (nSPS) is 11.8. The van der Waals surface area contributed by atoms with E-state index in [0.717, 1.165) is 16.9 Å². The van der Waals surface area contributed by atoms with E-state index in [1.165, 1.54) is 0 Å². The van der Waals surface area contributed by atoms with Crippen molar-refractivity contribution in [2.45, 2.75) is 19.5 Å². The molecule has 0 radical (unpaired) electrons. The molecule has 0 aliphatic carbocycles. The summed E-state index contributed by atoms with van der Waals surface area (Å²) in [5, 5.41) is 11.5. The number of methoxy groups -OCH3 is 1. The number of benzene rings is 2. The van der Waals surface area contributed by atoms with Crippen LogP contribution in [0.5, 0.6) is 5.75 Å². The zero-order chi connectivity index (χ0) is 20.9. The first-order valence-corrected chi connectivity index (χ1v) is 9.71. The number of aromatic nitrogens is 4. The highest BCUT2D eigenvalue weighted by molar-refractivity contribution is 5.95. The van der Waals surface area contributed by atoms with Crippen LogP contribution in [0.1, 0.15) is 34.6 Å². The Labute approximate surface area is 174 Å². The van der Waals surface area contributed by atoms with E-state index in [4.69, 9.17) is 4.74 Å². The second-order valence-electron chi connectivity index (χ2n) is 6.96. The van der Waals surface area contributed by atoms with Gasteiger partial charge < -0.3 is 14.6 Å². The number of hydrogen-bond acceptors (Lipinski definition) is 4. The summed E-state index contributed by atoms with van der Waals surface area (Å²) in [7, 11) is 1.64. The average molecular weight is 401 g/mol. The summed E-state index contributed by atoms with van der Waals surface area (Å²) in [5.41, 5.74) is 2.33. The number of rotatable bonds is 7. The molecule has 7 nitrogen and oxygen atoms in total. The topological polar surface area (TPSA) is 74.0 Å². The summed E-state index contributed by atoms with van der Waals surface area (Å²) in [6.45, 7) is 2.43. The molecule has 7 heteroatoms. The van der Waals surface area contributed by atoms with Crippen LogP contribution in [-0.2, 0) is 6.54 Å². The molecule has 4 aromatic rings. The monoisotopic (exact) mass is 401 g/mol. The molecule has 1 amide bonds. The van der Waals surface area contributed by atoms with Crippen LogP contribution in [0.3, 0.4) is 0 Å². The van der Waals surface area contributed by atoms with E-state index in [0.29, 0.717) is 12.4 Å². The van der Waals surface area contributed by atoms with Gasteiger partial charge >= 0.3 is 0 Å². The Morgan fingerprint density at radius 3 is 2.40 bits per heavy atom. The van der Waals surface area contributed by atoms with Crippen LogP contribution in [0.15, 0.2) is 79.1 Å². The molecule has 2 aromatic heterocycles. The molecule has 2 heterocycles. The molecule has 0 fully saturated rings. The second kappa shape index (κ2) is 8.65. The lowest BCUT2D eigenvalue weighted by Crippen LogP contribution is -2.28. The molecule has 0 saturated carbocycles. The molecule has 0 aliphatic heterocycles. The summed E-state index contributed by atoms with van der Waals surface area (Å²) in [6.07, 6.45) is 3.75. The predicted molar refractivity (Wildman–Crippen MR) is 114 cm³/mol. The molecule has 0 aliphatic rings. The van der Waals surface area contributed by atoms with E-state index in [9.17, 15) is 4.79 Å². The third kappa shape index (κ3) is 4.10. The van der Waals surface area contributed by atoms with Gasteiger partial charge in [0.2, 0.25) is 0 Å². The van der Waals surface area contributed by atoms with Gasteiger partial charge in [0.05, 0.1) is 19.7 Å². The van der Waals surface area contributed by atoms with Gasteiger partial charge in [-0.05, 0) is 42.3 Å². The van der Waals surface area contributed by atoms with Gasteiger partial charge in [0, 0.05) is 12.4 Å². The molecule has 2 aromatic carbocycles. The maximum atomic E-state index is 13.0. The SMILES string of the molecule is COc1ccc(Cn2nnc(C(=O)N[C@H](C)c3ccccc3)c2-n2cccc2)cc1. The lowest BCUT2D eigenvalue weighted by molar-refractivity contribution is 0.0934. The average Bonchev–Trinajstić information content (AvgIpc) is 3.44. The lowest BCUT2D eigenvalue weighted by atomic mass is 10.1. The van der Waals surface area contributed by atoms with Crippen molar-refractivity contribution in [2.24, 2.45) is 0 Å². The van der Waals surface area contributed by atoms with Crippen LogP contribution in [0.2, 0.25) is 0 Å². The summed E-state index contributed by atoms with van der Waals surface area (Å²) in [5.74, 6) is 1.14. The van der Waals surface area contributed by atoms with Crippen LogP contribution in [0.25, 0.3) is 5.82 Å². The number of ether oxygens (including phenoxy) is 1. The first-order chi connectivity index (χ1) is 14.7. The third-order valence-corrected chi connectivity index (χ3v) is 4.91. The van der Waals surface area contributed by atoms with Crippen LogP contribution in [0.4, 0.5) is 0 Å². The standard InChI is InChI=1S/C23H23N5O2/c1-17(19-8-4-3-5-9-19)24-22(29)21-23(27-14-6-7-15-27)28(26-25-21)16-18-10-12-20(30-2)13-11-18/h3-15,17H,16H2,1-2H3,(H,24,29)/t17-/m1/s1. The van der Waals surface area contributed by atoms with Gasteiger partial charge in [-0.25, -0.2) is 4.68 Å². The van der Waals surface area contributed by atoms with E-state index in [1.807, 2.05) is 90.6 Å². The van der Waals surface area contributed by atoms with Gasteiger partial charge in [-0.3, -0.25) is 4.79 Å². The molecule has 0 saturated heterocycles. The Kier molecular flexibility index (Phi) is 5.61. The quantitative estimate of drug-likeness (QED) is 0.513. The van der Waals surface area contributed by atoms with E-state index in [2.05, 4.69) is 15.6 Å². The second-order valence-corrected chi connectivity index (χ2v) is 6.96. The number of carbonyl (C=O) groups excluding carboxylic acids is 1. The maximum Gasteiger partial charge on any atom is 0.276 e. The summed E-state index contributed by atoms with van der Waals surface area (Å²) in [6, 6.07) is 21.2. The lowest BCUT2D eigenvalue weighted by Gasteiger charge is -2.14. The zero-order valence-electron chi connectivity index (χ0n) is 16.9. The fourth-order valence-electron chi connectivity index (χ4n) is 3.29. The van der Waals surface area contributed by atoms with Gasteiger partial charge in [-0.15, -0.1) is 5.10 Å². The predicted octanol–water partition coefficient (Wildman–Crippen LogP) is 3.62. The highest BCUT2D eigenvalue weighted by Gasteiger charge is 2.22. The van der Waals surface area contributed by atoms with Crippen molar-refractivity contribution < 1.29 is 9.53 Å². The third-order valence-electron chi connectivity index (χ3n) is 4.91. The van der Waals surface area contributed by atoms with Crippen molar-refractivity contribution in [2.75, 3.05) is 7.11 Å². The van der Waals surface area contributed by atoms with Crippen molar-refractivity contribution >= 4 is 5.91 Å². The summed E-state index contributed by atoms with van der Waals surface area (Å²) >= 11 is 0. The minimum atomic E-state index is -0.268. The van der Waals surface area contributed by atoms with Gasteiger partial charge in [-0.1, -0.05) is 47.7 Å². The Hall–Kier alpha value is -3.87. The largest absolute Gasteiger partial charge is 0.497 e. The van der Waals surface area contributed by atoms with E-state index < -0.39 is 0 Å². The minimum Gasteiger partial charge on any atom is -0.497 e. The van der Waals surface area contributed by atoms with Crippen LogP contribution in [0, 0.1) is 0 Å². The molecule has 1 atom stereocenters. The van der Waals surface area contributed by atoms with Crippen LogP contribution >= 0.6 is 0 Å². The number of nitrogens with one attached hydrogen (secondary N) is 1. The van der Waals surface area contributed by atoms with Crippen molar-refractivity contribution in [1.29, 1.82) is 0 Å². The summed E-state index contributed by atoms with van der Waals surface area (Å²) in [4.78, 5) is 13.0. The summed E-state index contributed by atoms with van der Waals surface area (Å²) < 4.78 is 8.80. The van der Waals surface area contributed by atoms with E-state index in [1.54, 1.807) is 11.8 Å². The molecule has 152 valence electrons. The Morgan fingerprint density at radius 1 is 1.03 bits per heavy atom. The molecular formula is C23H23N5O2. The fourth-order valence-corrected chi connectivity index (χ4v) is 3.29. The van der Waals surface area contributed by atoms with Gasteiger partial charge in [0.15, 0.2) is 11.5 Å². The van der Waals surface area contributed by atoms with Gasteiger partial charge in [-0.2, -0.15) is 0 Å². The number of amides is 1. The Morgan fingerprint density at radius 2 is 1.73 bits per heavy atom. The fraction of sp³-hybridized carbons (Fsp3) is 0.174. The van der Waals surface area contributed by atoms with Gasteiger partial charge in [0.25, 0.3) is 5.91 Å². The highest BCUT2D eigenvalue weighted by atomic mass is 16.5. The van der Waals surface area contributed by atoms with Crippen molar-refractivity contribution in [3.63, 3.8) is 0 Å². The van der Waals surface area contributed by atoms with Crippen molar-refractivity contribution in [3.8, 4) is 11.6 Å².